The van der Waals surface area contributed by atoms with Crippen LogP contribution >= 0.6 is 0 Å². The van der Waals surface area contributed by atoms with Crippen molar-refractivity contribution in [1.82, 2.24) is 0 Å². The predicted molar refractivity (Wildman–Crippen MR) is 168 cm³/mol. The highest BCUT2D eigenvalue weighted by Crippen LogP contribution is 2.40. The van der Waals surface area contributed by atoms with Gasteiger partial charge in [-0.2, -0.15) is 0 Å². The molecule has 4 aliphatic rings. The molecule has 0 spiro atoms. The highest BCUT2D eigenvalue weighted by atomic mass is 16.5. The fourth-order valence-electron chi connectivity index (χ4n) is 6.28. The average Bonchev–Trinajstić information content (AvgIpc) is 3.79. The number of allylic oxidation sites excluding steroid dienone is 6. The number of carbonyl (C=O) groups excluding carboxylic acids is 5. The topological polar surface area (TPSA) is 101 Å². The molecule has 4 aromatic rings. The smallest absolute Gasteiger partial charge is 0.322 e. The number of imide groups is 2. The molecule has 0 radical (unpaired) electrons. The van der Waals surface area contributed by atoms with Crippen molar-refractivity contribution in [3.05, 3.63) is 143 Å². The van der Waals surface area contributed by atoms with E-state index in [-0.39, 0.29) is 44.5 Å². The van der Waals surface area contributed by atoms with Gasteiger partial charge in [-0.15, -0.1) is 0 Å². The third kappa shape index (κ3) is 4.03. The van der Waals surface area contributed by atoms with E-state index in [1.54, 1.807) is 54.6 Å². The lowest BCUT2D eigenvalue weighted by molar-refractivity contribution is -0.135. The molecular formula is C37H22N2O6. The molecule has 8 heteroatoms. The fourth-order valence-corrected chi connectivity index (χ4v) is 6.28. The van der Waals surface area contributed by atoms with Gasteiger partial charge in [0.05, 0.1) is 17.3 Å². The number of hydrogen-bond donors (Lipinski definition) is 0. The van der Waals surface area contributed by atoms with E-state index in [2.05, 4.69) is 12.2 Å². The largest absolute Gasteiger partial charge is 0.426 e. The van der Waals surface area contributed by atoms with Crippen LogP contribution in [0.3, 0.4) is 0 Å². The summed E-state index contributed by atoms with van der Waals surface area (Å²) in [6.45, 7) is 0. The minimum atomic E-state index is -0.616. The monoisotopic (exact) mass is 590 g/mol. The molecule has 0 atom stereocenters. The molecule has 0 unspecified atom stereocenters. The maximum absolute atomic E-state index is 13.9. The van der Waals surface area contributed by atoms with Crippen LogP contribution in [0.5, 0.6) is 5.75 Å². The normalized spacial score (nSPS) is 16.8. The molecule has 45 heavy (non-hydrogen) atoms. The molecule has 0 saturated carbocycles. The van der Waals surface area contributed by atoms with Crippen molar-refractivity contribution in [1.29, 1.82) is 0 Å². The minimum absolute atomic E-state index is 0.184. The van der Waals surface area contributed by atoms with E-state index in [4.69, 9.17) is 4.74 Å². The van der Waals surface area contributed by atoms with Crippen LogP contribution in [-0.4, -0.2) is 29.6 Å². The lowest BCUT2D eigenvalue weighted by atomic mass is 9.85. The van der Waals surface area contributed by atoms with Crippen LogP contribution in [-0.2, 0) is 4.79 Å². The summed E-state index contributed by atoms with van der Waals surface area (Å²) >= 11 is 0. The van der Waals surface area contributed by atoms with E-state index in [9.17, 15) is 24.0 Å². The Morgan fingerprint density at radius 2 is 1.22 bits per heavy atom. The van der Waals surface area contributed by atoms with Gasteiger partial charge in [-0.25, -0.2) is 9.80 Å². The molecule has 2 aliphatic carbocycles. The number of anilines is 2. The molecule has 4 aromatic carbocycles. The molecule has 8 nitrogen and oxygen atoms in total. The highest BCUT2D eigenvalue weighted by Gasteiger charge is 2.40. The Morgan fingerprint density at radius 3 is 1.76 bits per heavy atom. The standard InChI is InChI=1S/C37H22N2O6/c40-33-27-16-18-29-32-30(36(43)39(35(29)42)25-10-5-11-26(20-25)45-37(44)23-8-3-4-9-23)19-17-28(31(27)32)34(41)38(33)24-14-12-22(13-15-24)21-6-1-2-7-21/h1,3-20,23H,2H2. The van der Waals surface area contributed by atoms with Gasteiger partial charge in [-0.3, -0.25) is 24.0 Å². The number of benzene rings is 4. The van der Waals surface area contributed by atoms with Crippen LogP contribution < -0.4 is 14.5 Å². The number of esters is 1. The van der Waals surface area contributed by atoms with E-state index < -0.39 is 35.5 Å². The Hall–Kier alpha value is -6.15. The van der Waals surface area contributed by atoms with Gasteiger partial charge < -0.3 is 4.74 Å². The van der Waals surface area contributed by atoms with Gasteiger partial charge in [0.2, 0.25) is 0 Å². The average molecular weight is 591 g/mol. The maximum atomic E-state index is 13.9. The minimum Gasteiger partial charge on any atom is -0.426 e. The Bertz CT molecular complexity index is 2090. The zero-order valence-electron chi connectivity index (χ0n) is 23.6. The third-order valence-electron chi connectivity index (χ3n) is 8.44. The number of hydrogen-bond acceptors (Lipinski definition) is 6. The first kappa shape index (κ1) is 26.5. The highest BCUT2D eigenvalue weighted by molar-refractivity contribution is 6.42. The molecule has 0 N–H and O–H groups in total. The summed E-state index contributed by atoms with van der Waals surface area (Å²) in [4.78, 5) is 70.0. The van der Waals surface area contributed by atoms with Gasteiger partial charge in [0.1, 0.15) is 5.75 Å². The van der Waals surface area contributed by atoms with Crippen LogP contribution in [0.4, 0.5) is 11.4 Å². The van der Waals surface area contributed by atoms with Crippen LogP contribution in [0.15, 0.2) is 115 Å². The molecule has 0 fully saturated rings. The number of carbonyl (C=O) groups is 5. The lowest BCUT2D eigenvalue weighted by Crippen LogP contribution is -2.43. The summed E-state index contributed by atoms with van der Waals surface area (Å²) in [6.07, 6.45) is 14.0. The molecule has 216 valence electrons. The third-order valence-corrected chi connectivity index (χ3v) is 8.44. The van der Waals surface area contributed by atoms with Gasteiger partial charge in [-0.1, -0.05) is 60.7 Å². The Kier molecular flexibility index (Phi) is 5.86. The lowest BCUT2D eigenvalue weighted by Gasteiger charge is -2.32. The maximum Gasteiger partial charge on any atom is 0.322 e. The zero-order chi connectivity index (χ0) is 30.8. The molecule has 0 aromatic heterocycles. The SMILES string of the molecule is O=C(Oc1cccc(N2C(=O)c3ccc4c5c(ccc(c35)C2=O)C(=O)N(c2ccc(C3=CCC=C3)cc2)C4=O)c1)C1C=CC=C1. The Morgan fingerprint density at radius 1 is 0.667 bits per heavy atom. The van der Waals surface area contributed by atoms with Crippen LogP contribution in [0, 0.1) is 5.92 Å². The first-order valence-corrected chi connectivity index (χ1v) is 14.4. The summed E-state index contributed by atoms with van der Waals surface area (Å²) < 4.78 is 5.51. The number of rotatable bonds is 5. The molecule has 2 aliphatic heterocycles. The molecular weight excluding hydrogens is 568 g/mol. The second kappa shape index (κ2) is 9.96. The van der Waals surface area contributed by atoms with Crippen molar-refractivity contribution < 1.29 is 28.7 Å². The number of nitrogens with zero attached hydrogens (tertiary/aromatic N) is 2. The summed E-state index contributed by atoms with van der Waals surface area (Å²) in [5, 5.41) is 0.561. The molecule has 4 amide bonds. The first-order chi connectivity index (χ1) is 21.9. The van der Waals surface area contributed by atoms with E-state index in [1.165, 1.54) is 30.3 Å². The predicted octanol–water partition coefficient (Wildman–Crippen LogP) is 6.43. The number of amides is 4. The van der Waals surface area contributed by atoms with Crippen molar-refractivity contribution >= 4 is 57.3 Å². The second-order valence-electron chi connectivity index (χ2n) is 11.0. The van der Waals surface area contributed by atoms with Crippen LogP contribution in [0.2, 0.25) is 0 Å². The first-order valence-electron chi connectivity index (χ1n) is 14.4. The fraction of sp³-hybridized carbons (Fsp3) is 0.0541. The van der Waals surface area contributed by atoms with Gasteiger partial charge in [0, 0.05) is 39.1 Å². The van der Waals surface area contributed by atoms with Crippen molar-refractivity contribution in [3.8, 4) is 5.75 Å². The van der Waals surface area contributed by atoms with E-state index >= 15 is 0 Å². The molecule has 0 bridgehead atoms. The van der Waals surface area contributed by atoms with Gasteiger partial charge in [-0.05, 0) is 66.1 Å². The van der Waals surface area contributed by atoms with Crippen molar-refractivity contribution in [2.75, 3.05) is 9.80 Å². The van der Waals surface area contributed by atoms with Crippen molar-refractivity contribution in [2.24, 2.45) is 5.92 Å². The molecule has 0 saturated heterocycles. The Balaban J connectivity index is 1.15. The van der Waals surface area contributed by atoms with Gasteiger partial charge >= 0.3 is 5.97 Å². The van der Waals surface area contributed by atoms with Crippen molar-refractivity contribution in [2.45, 2.75) is 6.42 Å². The Labute approximate surface area is 256 Å². The van der Waals surface area contributed by atoms with Gasteiger partial charge in [0.15, 0.2) is 0 Å². The second-order valence-corrected chi connectivity index (χ2v) is 11.0. The molecule has 2 heterocycles. The molecule has 8 rings (SSSR count). The summed E-state index contributed by atoms with van der Waals surface area (Å²) in [5.41, 5.74) is 3.54. The van der Waals surface area contributed by atoms with Crippen LogP contribution in [0.1, 0.15) is 53.4 Å². The van der Waals surface area contributed by atoms with Gasteiger partial charge in [0.25, 0.3) is 23.6 Å². The number of ether oxygens (including phenoxy) is 1. The van der Waals surface area contributed by atoms with E-state index in [0.29, 0.717) is 5.69 Å². The zero-order valence-corrected chi connectivity index (χ0v) is 23.6. The van der Waals surface area contributed by atoms with E-state index in [1.807, 2.05) is 18.2 Å². The summed E-state index contributed by atoms with van der Waals surface area (Å²) in [5.74, 6) is -3.11. The summed E-state index contributed by atoms with van der Waals surface area (Å²) in [7, 11) is 0. The van der Waals surface area contributed by atoms with E-state index in [0.717, 1.165) is 27.4 Å². The summed E-state index contributed by atoms with van der Waals surface area (Å²) in [6, 6.07) is 19.5. The van der Waals surface area contributed by atoms with Crippen LogP contribution in [0.25, 0.3) is 16.3 Å². The van der Waals surface area contributed by atoms with Crippen molar-refractivity contribution in [3.63, 3.8) is 0 Å². The quantitative estimate of drug-likeness (QED) is 0.151.